The zero-order valence-electron chi connectivity index (χ0n) is 19.2. The maximum absolute atomic E-state index is 13.0. The summed E-state index contributed by atoms with van der Waals surface area (Å²) in [5, 5.41) is 14.8. The summed E-state index contributed by atoms with van der Waals surface area (Å²) in [5.74, 6) is 0.276. The molecule has 1 saturated heterocycles. The van der Waals surface area contributed by atoms with Gasteiger partial charge in [-0.15, -0.1) is 0 Å². The van der Waals surface area contributed by atoms with Gasteiger partial charge in [0, 0.05) is 30.6 Å². The third kappa shape index (κ3) is 4.26. The number of hydrogen-bond acceptors (Lipinski definition) is 3. The number of aliphatic hydroxyl groups excluding tert-OH is 1. The Balaban J connectivity index is 1.48. The van der Waals surface area contributed by atoms with Crippen molar-refractivity contribution < 1.29 is 14.7 Å². The van der Waals surface area contributed by atoms with Crippen LogP contribution in [0.3, 0.4) is 0 Å². The number of carbonyl (C=O) groups is 2. The molecule has 2 saturated carbocycles. The normalized spacial score (nSPS) is 36.5. The van der Waals surface area contributed by atoms with Gasteiger partial charge in [-0.1, -0.05) is 39.0 Å². The van der Waals surface area contributed by atoms with Crippen LogP contribution in [0.5, 0.6) is 0 Å². The number of benzene rings is 1. The highest BCUT2D eigenvalue weighted by Gasteiger charge is 2.54. The molecule has 170 valence electrons. The van der Waals surface area contributed by atoms with Crippen LogP contribution in [-0.2, 0) is 4.79 Å². The summed E-state index contributed by atoms with van der Waals surface area (Å²) in [4.78, 5) is 27.8. The third-order valence-corrected chi connectivity index (χ3v) is 8.69. The molecule has 0 spiro atoms. The lowest BCUT2D eigenvalue weighted by Crippen LogP contribution is -2.58. The summed E-state index contributed by atoms with van der Waals surface area (Å²) < 4.78 is 0. The number of carbonyl (C=O) groups excluding carboxylic acids is 2. The number of hydrogen-bond donors (Lipinski definition) is 2. The molecule has 1 aromatic rings. The fourth-order valence-electron chi connectivity index (χ4n) is 6.75. The summed E-state index contributed by atoms with van der Waals surface area (Å²) in [7, 11) is 0. The van der Waals surface area contributed by atoms with Crippen molar-refractivity contribution in [2.24, 2.45) is 29.1 Å². The van der Waals surface area contributed by atoms with Crippen LogP contribution in [0, 0.1) is 29.1 Å². The molecular weight excluding hydrogens is 388 g/mol. The van der Waals surface area contributed by atoms with Crippen molar-refractivity contribution in [1.82, 2.24) is 10.2 Å². The molecule has 1 heterocycles. The molecule has 5 heteroatoms. The van der Waals surface area contributed by atoms with E-state index in [0.717, 1.165) is 51.6 Å². The van der Waals surface area contributed by atoms with E-state index in [0.29, 0.717) is 5.56 Å². The van der Waals surface area contributed by atoms with Gasteiger partial charge in [-0.05, 0) is 73.8 Å². The van der Waals surface area contributed by atoms with E-state index in [1.165, 1.54) is 0 Å². The smallest absolute Gasteiger partial charge is 0.251 e. The Morgan fingerprint density at radius 1 is 1.13 bits per heavy atom. The fraction of sp³-hybridized carbons (Fsp3) is 0.692. The Morgan fingerprint density at radius 3 is 2.45 bits per heavy atom. The SMILES string of the molecule is C[C@@H]1[C@@H]2[C@@H](O)[C@@H]([C@H](C)C(=O)N3CCCC3)CC[C@]2(C)CC[C@@H]1NC(=O)c1ccccc1. The number of nitrogens with one attached hydrogen (secondary N) is 1. The fourth-order valence-corrected chi connectivity index (χ4v) is 6.75. The Bertz CT molecular complexity index is 791. The molecule has 7 atom stereocenters. The Morgan fingerprint density at radius 2 is 1.77 bits per heavy atom. The highest BCUT2D eigenvalue weighted by atomic mass is 16.3. The average molecular weight is 427 g/mol. The molecular formula is C26H38N2O3. The zero-order valence-corrected chi connectivity index (χ0v) is 19.2. The topological polar surface area (TPSA) is 69.6 Å². The predicted molar refractivity (Wildman–Crippen MR) is 121 cm³/mol. The van der Waals surface area contributed by atoms with Gasteiger partial charge in [-0.3, -0.25) is 9.59 Å². The molecule has 2 aliphatic carbocycles. The third-order valence-electron chi connectivity index (χ3n) is 8.69. The molecule has 0 unspecified atom stereocenters. The van der Waals surface area contributed by atoms with Gasteiger partial charge in [0.15, 0.2) is 0 Å². The van der Waals surface area contributed by atoms with Crippen LogP contribution in [-0.4, -0.2) is 47.1 Å². The van der Waals surface area contributed by atoms with Crippen molar-refractivity contribution >= 4 is 11.8 Å². The molecule has 1 aromatic carbocycles. The van der Waals surface area contributed by atoms with E-state index in [2.05, 4.69) is 19.2 Å². The van der Waals surface area contributed by atoms with Crippen molar-refractivity contribution in [3.63, 3.8) is 0 Å². The minimum absolute atomic E-state index is 0.00259. The molecule has 31 heavy (non-hydrogen) atoms. The minimum Gasteiger partial charge on any atom is -0.392 e. The first-order chi connectivity index (χ1) is 14.8. The van der Waals surface area contributed by atoms with Crippen LogP contribution in [0.15, 0.2) is 30.3 Å². The highest BCUT2D eigenvalue weighted by molar-refractivity contribution is 5.94. The summed E-state index contributed by atoms with van der Waals surface area (Å²) in [6.45, 7) is 8.21. The summed E-state index contributed by atoms with van der Waals surface area (Å²) in [5.41, 5.74) is 0.745. The lowest BCUT2D eigenvalue weighted by Gasteiger charge is -2.56. The van der Waals surface area contributed by atoms with Crippen LogP contribution >= 0.6 is 0 Å². The van der Waals surface area contributed by atoms with Gasteiger partial charge in [-0.2, -0.15) is 0 Å². The van der Waals surface area contributed by atoms with Gasteiger partial charge in [-0.25, -0.2) is 0 Å². The quantitative estimate of drug-likeness (QED) is 0.768. The van der Waals surface area contributed by atoms with Crippen molar-refractivity contribution in [1.29, 1.82) is 0 Å². The van der Waals surface area contributed by atoms with Gasteiger partial charge in [0.2, 0.25) is 5.91 Å². The van der Waals surface area contributed by atoms with Crippen LogP contribution in [0.2, 0.25) is 0 Å². The van der Waals surface area contributed by atoms with Crippen LogP contribution in [0.25, 0.3) is 0 Å². The lowest BCUT2D eigenvalue weighted by atomic mass is 9.51. The molecule has 0 radical (unpaired) electrons. The summed E-state index contributed by atoms with van der Waals surface area (Å²) in [6.07, 6.45) is 5.56. The second kappa shape index (κ2) is 8.93. The van der Waals surface area contributed by atoms with E-state index in [1.54, 1.807) is 0 Å². The molecule has 4 rings (SSSR count). The van der Waals surface area contributed by atoms with Gasteiger partial charge in [0.25, 0.3) is 5.91 Å². The van der Waals surface area contributed by atoms with Gasteiger partial charge >= 0.3 is 0 Å². The van der Waals surface area contributed by atoms with E-state index in [4.69, 9.17) is 0 Å². The molecule has 5 nitrogen and oxygen atoms in total. The molecule has 3 aliphatic rings. The van der Waals surface area contributed by atoms with Crippen molar-refractivity contribution in [3.8, 4) is 0 Å². The van der Waals surface area contributed by atoms with Crippen LogP contribution < -0.4 is 5.32 Å². The van der Waals surface area contributed by atoms with Crippen molar-refractivity contribution in [2.75, 3.05) is 13.1 Å². The average Bonchev–Trinajstić information content (AvgIpc) is 3.30. The van der Waals surface area contributed by atoms with Crippen LogP contribution in [0.4, 0.5) is 0 Å². The summed E-state index contributed by atoms with van der Waals surface area (Å²) >= 11 is 0. The van der Waals surface area contributed by atoms with Gasteiger partial charge in [0.1, 0.15) is 0 Å². The van der Waals surface area contributed by atoms with E-state index in [-0.39, 0.29) is 46.9 Å². The highest BCUT2D eigenvalue weighted by Crippen LogP contribution is 2.55. The standard InChI is InChI=1S/C26H38N2O3/c1-17(25(31)28-15-7-8-16-28)20-11-13-26(3)14-12-21(18(2)22(26)23(20)29)27-24(30)19-9-5-4-6-10-19/h4-6,9-10,17-18,20-23,29H,7-8,11-16H2,1-3H3,(H,27,30)/t17-,18-,20+,21-,22+,23-,26+/m0/s1. The first-order valence-corrected chi connectivity index (χ1v) is 12.1. The number of fused-ring (bicyclic) bond motifs is 1. The van der Waals surface area contributed by atoms with E-state index in [9.17, 15) is 14.7 Å². The number of aliphatic hydroxyl groups is 1. The largest absolute Gasteiger partial charge is 0.392 e. The Labute approximate surface area is 186 Å². The van der Waals surface area contributed by atoms with E-state index in [1.807, 2.05) is 42.2 Å². The lowest BCUT2D eigenvalue weighted by molar-refractivity contribution is -0.149. The number of amides is 2. The summed E-state index contributed by atoms with van der Waals surface area (Å²) in [6, 6.07) is 9.39. The molecule has 1 aliphatic heterocycles. The molecule has 0 bridgehead atoms. The van der Waals surface area contributed by atoms with Crippen molar-refractivity contribution in [3.05, 3.63) is 35.9 Å². The first kappa shape index (κ1) is 22.3. The van der Waals surface area contributed by atoms with Gasteiger partial charge in [0.05, 0.1) is 6.10 Å². The minimum atomic E-state index is -0.508. The van der Waals surface area contributed by atoms with Gasteiger partial charge < -0.3 is 15.3 Å². The predicted octanol–water partition coefficient (Wildman–Crippen LogP) is 3.87. The monoisotopic (exact) mass is 426 g/mol. The molecule has 0 aromatic heterocycles. The molecule has 3 fully saturated rings. The Hall–Kier alpha value is -1.88. The van der Waals surface area contributed by atoms with Crippen molar-refractivity contribution in [2.45, 2.75) is 71.4 Å². The van der Waals surface area contributed by atoms with E-state index >= 15 is 0 Å². The van der Waals surface area contributed by atoms with E-state index < -0.39 is 6.10 Å². The molecule has 2 amide bonds. The second-order valence-electron chi connectivity index (χ2n) is 10.5. The number of nitrogens with zero attached hydrogens (tertiary/aromatic N) is 1. The second-order valence-corrected chi connectivity index (χ2v) is 10.5. The maximum Gasteiger partial charge on any atom is 0.251 e. The maximum atomic E-state index is 13.0. The first-order valence-electron chi connectivity index (χ1n) is 12.1. The Kier molecular flexibility index (Phi) is 6.43. The zero-order chi connectivity index (χ0) is 22.2. The number of likely N-dealkylation sites (tertiary alicyclic amines) is 1. The number of rotatable bonds is 4. The van der Waals surface area contributed by atoms with Crippen LogP contribution in [0.1, 0.15) is 69.7 Å². The molecule has 2 N–H and O–H groups in total.